The third-order valence-corrected chi connectivity index (χ3v) is 3.38. The molecule has 2 rings (SSSR count). The van der Waals surface area contributed by atoms with E-state index < -0.39 is 0 Å². The molecule has 0 heterocycles. The minimum Gasteiger partial charge on any atom is -0.508 e. The van der Waals surface area contributed by atoms with Crippen LogP contribution in [0.2, 0.25) is 0 Å². The predicted molar refractivity (Wildman–Crippen MR) is 79.9 cm³/mol. The Morgan fingerprint density at radius 2 is 1.65 bits per heavy atom. The summed E-state index contributed by atoms with van der Waals surface area (Å²) in [6, 6.07) is 16.3. The smallest absolute Gasteiger partial charge is 0.251 e. The lowest BCUT2D eigenvalue weighted by molar-refractivity contribution is 0.0945. The minimum absolute atomic E-state index is 0.131. The average molecular weight is 269 g/mol. The quantitative estimate of drug-likeness (QED) is 0.896. The zero-order valence-electron chi connectivity index (χ0n) is 11.8. The Labute approximate surface area is 119 Å². The number of benzene rings is 2. The minimum atomic E-state index is -0.131. The van der Waals surface area contributed by atoms with Crippen LogP contribution in [0.5, 0.6) is 5.75 Å². The Morgan fingerprint density at radius 1 is 1.05 bits per heavy atom. The summed E-state index contributed by atoms with van der Waals surface area (Å²) in [5.74, 6) is 0.0279. The van der Waals surface area contributed by atoms with Crippen molar-refractivity contribution in [2.45, 2.75) is 19.3 Å². The molecule has 3 heteroatoms. The summed E-state index contributed by atoms with van der Waals surface area (Å²) in [5, 5.41) is 12.2. The monoisotopic (exact) mass is 269 g/mol. The van der Waals surface area contributed by atoms with E-state index in [1.54, 1.807) is 12.1 Å². The van der Waals surface area contributed by atoms with Crippen molar-refractivity contribution in [3.8, 4) is 5.75 Å². The van der Waals surface area contributed by atoms with E-state index in [1.807, 2.05) is 18.2 Å². The molecule has 2 aromatic rings. The van der Waals surface area contributed by atoms with Crippen molar-refractivity contribution in [1.82, 2.24) is 5.32 Å². The van der Waals surface area contributed by atoms with Crippen LogP contribution >= 0.6 is 0 Å². The van der Waals surface area contributed by atoms with Crippen LogP contribution < -0.4 is 5.32 Å². The van der Waals surface area contributed by atoms with Crippen molar-refractivity contribution < 1.29 is 9.90 Å². The first kappa shape index (κ1) is 14.1. The van der Waals surface area contributed by atoms with Crippen molar-refractivity contribution in [2.24, 2.45) is 0 Å². The first-order chi connectivity index (χ1) is 9.49. The molecule has 1 amide bonds. The van der Waals surface area contributed by atoms with Crippen LogP contribution in [0.3, 0.4) is 0 Å². The van der Waals surface area contributed by atoms with Gasteiger partial charge in [0.2, 0.25) is 0 Å². The fourth-order valence-electron chi connectivity index (χ4n) is 2.01. The van der Waals surface area contributed by atoms with Crippen molar-refractivity contribution in [3.63, 3.8) is 0 Å². The van der Waals surface area contributed by atoms with Gasteiger partial charge in [0.15, 0.2) is 0 Å². The van der Waals surface area contributed by atoms with Gasteiger partial charge < -0.3 is 10.4 Å². The summed E-state index contributed by atoms with van der Waals surface area (Å²) in [4.78, 5) is 12.0. The van der Waals surface area contributed by atoms with Crippen molar-refractivity contribution in [3.05, 3.63) is 65.7 Å². The van der Waals surface area contributed by atoms with E-state index in [0.29, 0.717) is 12.1 Å². The van der Waals surface area contributed by atoms with Gasteiger partial charge in [-0.05, 0) is 29.8 Å². The number of aromatic hydroxyl groups is 1. The van der Waals surface area contributed by atoms with Crippen molar-refractivity contribution >= 4 is 5.91 Å². The van der Waals surface area contributed by atoms with Crippen LogP contribution in [-0.4, -0.2) is 17.6 Å². The largest absolute Gasteiger partial charge is 0.508 e. The van der Waals surface area contributed by atoms with Crippen LogP contribution in [0.25, 0.3) is 0 Å². The molecule has 0 saturated carbocycles. The van der Waals surface area contributed by atoms with Gasteiger partial charge in [-0.25, -0.2) is 0 Å². The second kappa shape index (κ2) is 5.78. The molecule has 2 aromatic carbocycles. The number of amides is 1. The van der Waals surface area contributed by atoms with Gasteiger partial charge in [-0.3, -0.25) is 4.79 Å². The Bertz CT molecular complexity index is 574. The molecule has 104 valence electrons. The maximum atomic E-state index is 12.0. The Balaban J connectivity index is 2.01. The van der Waals surface area contributed by atoms with Gasteiger partial charge in [0.25, 0.3) is 5.91 Å². The van der Waals surface area contributed by atoms with E-state index in [-0.39, 0.29) is 17.1 Å². The molecule has 2 N–H and O–H groups in total. The van der Waals surface area contributed by atoms with Gasteiger partial charge in [-0.2, -0.15) is 0 Å². The van der Waals surface area contributed by atoms with Gasteiger partial charge in [0.1, 0.15) is 5.75 Å². The number of rotatable bonds is 4. The maximum Gasteiger partial charge on any atom is 0.251 e. The summed E-state index contributed by atoms with van der Waals surface area (Å²) >= 11 is 0. The molecule has 0 aliphatic heterocycles. The summed E-state index contributed by atoms with van der Waals surface area (Å²) < 4.78 is 0. The summed E-state index contributed by atoms with van der Waals surface area (Å²) in [6.07, 6.45) is 0. The second-order valence-corrected chi connectivity index (χ2v) is 5.48. The van der Waals surface area contributed by atoms with E-state index in [0.717, 1.165) is 0 Å². The zero-order chi connectivity index (χ0) is 14.6. The zero-order valence-corrected chi connectivity index (χ0v) is 11.8. The topological polar surface area (TPSA) is 49.3 Å². The predicted octanol–water partition coefficient (Wildman–Crippen LogP) is 3.10. The average Bonchev–Trinajstić information content (AvgIpc) is 2.46. The molecule has 0 aliphatic rings. The summed E-state index contributed by atoms with van der Waals surface area (Å²) in [7, 11) is 0. The van der Waals surface area contributed by atoms with Gasteiger partial charge in [-0.15, -0.1) is 0 Å². The lowest BCUT2D eigenvalue weighted by Crippen LogP contribution is -2.36. The molecule has 0 atom stereocenters. The lowest BCUT2D eigenvalue weighted by Gasteiger charge is -2.25. The van der Waals surface area contributed by atoms with E-state index in [1.165, 1.54) is 17.7 Å². The molecule has 0 saturated heterocycles. The second-order valence-electron chi connectivity index (χ2n) is 5.48. The molecular weight excluding hydrogens is 250 g/mol. The maximum absolute atomic E-state index is 12.0. The Kier molecular flexibility index (Phi) is 4.08. The highest BCUT2D eigenvalue weighted by Crippen LogP contribution is 2.21. The van der Waals surface area contributed by atoms with Gasteiger partial charge >= 0.3 is 0 Å². The molecule has 0 bridgehead atoms. The molecule has 0 aromatic heterocycles. The molecule has 0 unspecified atom stereocenters. The van der Waals surface area contributed by atoms with Gasteiger partial charge in [-0.1, -0.05) is 44.2 Å². The molecule has 0 aliphatic carbocycles. The number of phenols is 1. The molecule has 3 nitrogen and oxygen atoms in total. The molecule has 0 fully saturated rings. The summed E-state index contributed by atoms with van der Waals surface area (Å²) in [5.41, 5.74) is 1.60. The number of carbonyl (C=O) groups excluding carboxylic acids is 1. The van der Waals surface area contributed by atoms with Crippen LogP contribution in [0.1, 0.15) is 29.8 Å². The van der Waals surface area contributed by atoms with Crippen molar-refractivity contribution in [2.75, 3.05) is 6.54 Å². The SMILES string of the molecule is CC(C)(CNC(=O)c1ccc(O)cc1)c1ccccc1. The first-order valence-electron chi connectivity index (χ1n) is 6.62. The fraction of sp³-hybridized carbons (Fsp3) is 0.235. The Hall–Kier alpha value is -2.29. The van der Waals surface area contributed by atoms with E-state index in [9.17, 15) is 9.90 Å². The number of phenolic OH excluding ortho intramolecular Hbond substituents is 1. The van der Waals surface area contributed by atoms with Gasteiger partial charge in [0.05, 0.1) is 0 Å². The van der Waals surface area contributed by atoms with E-state index in [4.69, 9.17) is 0 Å². The van der Waals surface area contributed by atoms with Gasteiger partial charge in [0, 0.05) is 17.5 Å². The van der Waals surface area contributed by atoms with Crippen LogP contribution in [0.4, 0.5) is 0 Å². The van der Waals surface area contributed by atoms with E-state index >= 15 is 0 Å². The molecule has 20 heavy (non-hydrogen) atoms. The molecule has 0 spiro atoms. The standard InChI is InChI=1S/C17H19NO2/c1-17(2,14-6-4-3-5-7-14)12-18-16(20)13-8-10-15(19)11-9-13/h3-11,19H,12H2,1-2H3,(H,18,20). The highest BCUT2D eigenvalue weighted by Gasteiger charge is 2.21. The number of hydrogen-bond donors (Lipinski definition) is 2. The molecular formula is C17H19NO2. The molecule has 0 radical (unpaired) electrons. The van der Waals surface area contributed by atoms with Crippen molar-refractivity contribution in [1.29, 1.82) is 0 Å². The first-order valence-corrected chi connectivity index (χ1v) is 6.62. The third-order valence-electron chi connectivity index (χ3n) is 3.38. The number of carbonyl (C=O) groups is 1. The fourth-order valence-corrected chi connectivity index (χ4v) is 2.01. The Morgan fingerprint density at radius 3 is 2.25 bits per heavy atom. The van der Waals surface area contributed by atoms with E-state index in [2.05, 4.69) is 31.3 Å². The third kappa shape index (κ3) is 3.38. The summed E-state index contributed by atoms with van der Waals surface area (Å²) in [6.45, 7) is 4.75. The highest BCUT2D eigenvalue weighted by atomic mass is 16.3. The number of nitrogens with one attached hydrogen (secondary N) is 1. The van der Waals surface area contributed by atoms with Crippen LogP contribution in [-0.2, 0) is 5.41 Å². The van der Waals surface area contributed by atoms with Crippen LogP contribution in [0.15, 0.2) is 54.6 Å². The van der Waals surface area contributed by atoms with Crippen LogP contribution in [0, 0.1) is 0 Å². The normalized spacial score (nSPS) is 11.1. The lowest BCUT2D eigenvalue weighted by atomic mass is 9.84. The number of hydrogen-bond acceptors (Lipinski definition) is 2. The highest BCUT2D eigenvalue weighted by molar-refractivity contribution is 5.94.